The Labute approximate surface area is 115 Å². The number of hydrogen-bond donors (Lipinski definition) is 1. The second-order valence-corrected chi connectivity index (χ2v) is 6.40. The van der Waals surface area contributed by atoms with Crippen LogP contribution in [0.1, 0.15) is 35.6 Å². The van der Waals surface area contributed by atoms with Crippen LogP contribution in [0.5, 0.6) is 5.75 Å². The summed E-state index contributed by atoms with van der Waals surface area (Å²) in [6.07, 6.45) is 2.20. The van der Waals surface area contributed by atoms with Crippen LogP contribution < -0.4 is 10.1 Å². The third-order valence-electron chi connectivity index (χ3n) is 4.52. The van der Waals surface area contributed by atoms with Gasteiger partial charge in [-0.15, -0.1) is 0 Å². The van der Waals surface area contributed by atoms with Crippen LogP contribution in [0.4, 0.5) is 0 Å². The summed E-state index contributed by atoms with van der Waals surface area (Å²) in [7, 11) is 4.35. The Morgan fingerprint density at radius 3 is 2.74 bits per heavy atom. The van der Waals surface area contributed by atoms with Gasteiger partial charge in [-0.2, -0.15) is 0 Å². The van der Waals surface area contributed by atoms with E-state index in [1.165, 1.54) is 16.7 Å². The number of ether oxygens (including phenoxy) is 1. The Morgan fingerprint density at radius 1 is 1.32 bits per heavy atom. The van der Waals surface area contributed by atoms with Crippen LogP contribution in [0, 0.1) is 13.8 Å². The number of aryl methyl sites for hydroxylation is 2. The summed E-state index contributed by atoms with van der Waals surface area (Å²) in [5, 5.41) is 3.46. The standard InChI is InChI=1S/C16H24N2O/c1-11-7-12(2)15-13(8-11)14(18(3)4)9-16(19-15)5-6-17-10-16/h7-8,14,17H,5-6,9-10H2,1-4H3. The highest BCUT2D eigenvalue weighted by Gasteiger charge is 2.44. The summed E-state index contributed by atoms with van der Waals surface area (Å²) >= 11 is 0. The molecule has 0 saturated carbocycles. The molecule has 2 unspecified atom stereocenters. The molecule has 0 amide bonds. The first-order chi connectivity index (χ1) is 9.01. The number of nitrogens with one attached hydrogen (secondary N) is 1. The third kappa shape index (κ3) is 2.15. The Hall–Kier alpha value is -1.06. The first-order valence-electron chi connectivity index (χ1n) is 7.18. The molecular weight excluding hydrogens is 236 g/mol. The van der Waals surface area contributed by atoms with Gasteiger partial charge in [0.15, 0.2) is 0 Å². The van der Waals surface area contributed by atoms with E-state index in [-0.39, 0.29) is 5.60 Å². The number of hydrogen-bond acceptors (Lipinski definition) is 3. The van der Waals surface area contributed by atoms with E-state index >= 15 is 0 Å². The fraction of sp³-hybridized carbons (Fsp3) is 0.625. The molecule has 0 radical (unpaired) electrons. The lowest BCUT2D eigenvalue weighted by Crippen LogP contribution is -2.45. The molecule has 0 aromatic heterocycles. The molecular formula is C16H24N2O. The zero-order chi connectivity index (χ0) is 13.6. The normalized spacial score (nSPS) is 29.6. The Balaban J connectivity index is 2.09. The topological polar surface area (TPSA) is 24.5 Å². The van der Waals surface area contributed by atoms with E-state index < -0.39 is 0 Å². The molecule has 1 N–H and O–H groups in total. The van der Waals surface area contributed by atoms with Crippen LogP contribution in [0.2, 0.25) is 0 Å². The van der Waals surface area contributed by atoms with Crippen LogP contribution in [-0.4, -0.2) is 37.7 Å². The average Bonchev–Trinajstić information content (AvgIpc) is 2.78. The number of benzene rings is 1. The maximum absolute atomic E-state index is 6.46. The van der Waals surface area contributed by atoms with Crippen LogP contribution in [-0.2, 0) is 0 Å². The number of fused-ring (bicyclic) bond motifs is 1. The maximum atomic E-state index is 6.46. The second-order valence-electron chi connectivity index (χ2n) is 6.40. The lowest BCUT2D eigenvalue weighted by molar-refractivity contribution is 0.0281. The summed E-state index contributed by atoms with van der Waals surface area (Å²) in [6.45, 7) is 6.38. The van der Waals surface area contributed by atoms with Crippen LogP contribution in [0.15, 0.2) is 12.1 Å². The van der Waals surface area contributed by atoms with Gasteiger partial charge in [0.1, 0.15) is 11.4 Å². The van der Waals surface area contributed by atoms with Gasteiger partial charge in [0, 0.05) is 31.0 Å². The summed E-state index contributed by atoms with van der Waals surface area (Å²) < 4.78 is 6.46. The lowest BCUT2D eigenvalue weighted by Gasteiger charge is -2.42. The van der Waals surface area contributed by atoms with Crippen molar-refractivity contribution in [3.8, 4) is 5.75 Å². The SMILES string of the molecule is Cc1cc(C)c2c(c1)C(N(C)C)CC1(CCNC1)O2. The first-order valence-corrected chi connectivity index (χ1v) is 7.18. The quantitative estimate of drug-likeness (QED) is 0.839. The molecule has 0 bridgehead atoms. The van der Waals surface area contributed by atoms with Crippen molar-refractivity contribution in [2.24, 2.45) is 0 Å². The molecule has 1 aromatic carbocycles. The molecule has 1 aromatic rings. The van der Waals surface area contributed by atoms with E-state index in [2.05, 4.69) is 50.3 Å². The van der Waals surface area contributed by atoms with Crippen LogP contribution >= 0.6 is 0 Å². The van der Waals surface area contributed by atoms with E-state index in [9.17, 15) is 0 Å². The smallest absolute Gasteiger partial charge is 0.127 e. The Bertz CT molecular complexity index is 490. The largest absolute Gasteiger partial charge is 0.485 e. The van der Waals surface area contributed by atoms with Crippen molar-refractivity contribution in [2.45, 2.75) is 38.3 Å². The van der Waals surface area contributed by atoms with Gasteiger partial charge in [-0.1, -0.05) is 17.7 Å². The van der Waals surface area contributed by atoms with E-state index in [4.69, 9.17) is 4.74 Å². The molecule has 2 aliphatic heterocycles. The highest BCUT2D eigenvalue weighted by molar-refractivity contribution is 5.47. The van der Waals surface area contributed by atoms with Gasteiger partial charge in [-0.25, -0.2) is 0 Å². The fourth-order valence-electron chi connectivity index (χ4n) is 3.54. The van der Waals surface area contributed by atoms with Crippen molar-refractivity contribution in [2.75, 3.05) is 27.2 Å². The molecule has 3 rings (SSSR count). The van der Waals surface area contributed by atoms with Crippen LogP contribution in [0.25, 0.3) is 0 Å². The minimum Gasteiger partial charge on any atom is -0.485 e. The molecule has 1 spiro atoms. The zero-order valence-corrected chi connectivity index (χ0v) is 12.4. The predicted octanol–water partition coefficient (Wildman–Crippen LogP) is 2.42. The highest BCUT2D eigenvalue weighted by Crippen LogP contribution is 2.45. The monoisotopic (exact) mass is 260 g/mol. The van der Waals surface area contributed by atoms with E-state index in [1.54, 1.807) is 0 Å². The minimum atomic E-state index is 0.00194. The molecule has 1 fully saturated rings. The minimum absolute atomic E-state index is 0.00194. The van der Waals surface area contributed by atoms with Gasteiger partial charge in [0.2, 0.25) is 0 Å². The van der Waals surface area contributed by atoms with Gasteiger partial charge in [-0.3, -0.25) is 0 Å². The van der Waals surface area contributed by atoms with Crippen molar-refractivity contribution < 1.29 is 4.74 Å². The van der Waals surface area contributed by atoms with Gasteiger partial charge < -0.3 is 15.0 Å². The molecule has 1 saturated heterocycles. The highest BCUT2D eigenvalue weighted by atomic mass is 16.5. The molecule has 3 heteroatoms. The number of rotatable bonds is 1. The third-order valence-corrected chi connectivity index (χ3v) is 4.52. The van der Waals surface area contributed by atoms with Gasteiger partial charge in [-0.05, 0) is 40.1 Å². The van der Waals surface area contributed by atoms with E-state index in [0.29, 0.717) is 6.04 Å². The van der Waals surface area contributed by atoms with Crippen molar-refractivity contribution in [1.29, 1.82) is 0 Å². The van der Waals surface area contributed by atoms with E-state index in [1.807, 2.05) is 0 Å². The Morgan fingerprint density at radius 2 is 2.11 bits per heavy atom. The van der Waals surface area contributed by atoms with Gasteiger partial charge in [0.05, 0.1) is 0 Å². The van der Waals surface area contributed by atoms with E-state index in [0.717, 1.165) is 31.7 Å². The maximum Gasteiger partial charge on any atom is 0.127 e. The molecule has 0 aliphatic carbocycles. The van der Waals surface area contributed by atoms with Crippen molar-refractivity contribution >= 4 is 0 Å². The summed E-state index contributed by atoms with van der Waals surface area (Å²) in [4.78, 5) is 2.33. The van der Waals surface area contributed by atoms with Gasteiger partial charge >= 0.3 is 0 Å². The molecule has 19 heavy (non-hydrogen) atoms. The molecule has 2 heterocycles. The van der Waals surface area contributed by atoms with Crippen molar-refractivity contribution in [3.05, 3.63) is 28.8 Å². The molecule has 2 atom stereocenters. The molecule has 2 aliphatic rings. The zero-order valence-electron chi connectivity index (χ0n) is 12.4. The van der Waals surface area contributed by atoms with Crippen LogP contribution in [0.3, 0.4) is 0 Å². The summed E-state index contributed by atoms with van der Waals surface area (Å²) in [5.41, 5.74) is 3.96. The number of nitrogens with zero attached hydrogens (tertiary/aromatic N) is 1. The van der Waals surface area contributed by atoms with Crippen molar-refractivity contribution in [3.63, 3.8) is 0 Å². The van der Waals surface area contributed by atoms with Gasteiger partial charge in [0.25, 0.3) is 0 Å². The lowest BCUT2D eigenvalue weighted by atomic mass is 9.84. The fourth-order valence-corrected chi connectivity index (χ4v) is 3.54. The summed E-state index contributed by atoms with van der Waals surface area (Å²) in [6, 6.07) is 4.98. The molecule has 104 valence electrons. The summed E-state index contributed by atoms with van der Waals surface area (Å²) in [5.74, 6) is 1.12. The second kappa shape index (κ2) is 4.50. The van der Waals surface area contributed by atoms with Crippen molar-refractivity contribution in [1.82, 2.24) is 10.2 Å². The Kier molecular flexibility index (Phi) is 3.06. The first kappa shape index (κ1) is 12.9. The molecule has 3 nitrogen and oxygen atoms in total. The predicted molar refractivity (Wildman–Crippen MR) is 77.8 cm³/mol. The average molecular weight is 260 g/mol.